The lowest BCUT2D eigenvalue weighted by Gasteiger charge is -2.25. The summed E-state index contributed by atoms with van der Waals surface area (Å²) in [5, 5.41) is 3.41. The number of hydrogen-bond donors (Lipinski definition) is 1. The Labute approximate surface area is 119 Å². The van der Waals surface area contributed by atoms with Crippen LogP contribution in [0.3, 0.4) is 0 Å². The van der Waals surface area contributed by atoms with E-state index in [1.54, 1.807) is 0 Å². The summed E-state index contributed by atoms with van der Waals surface area (Å²) in [4.78, 5) is 8.59. The summed E-state index contributed by atoms with van der Waals surface area (Å²) < 4.78 is 0.835. The number of halogens is 1. The van der Waals surface area contributed by atoms with Crippen LogP contribution in [0.4, 0.5) is 5.82 Å². The summed E-state index contributed by atoms with van der Waals surface area (Å²) in [6, 6.07) is 1.93. The van der Waals surface area contributed by atoms with E-state index in [1.807, 2.05) is 13.0 Å². The maximum atomic E-state index is 4.38. The highest BCUT2D eigenvalue weighted by Crippen LogP contribution is 2.24. The fraction of sp³-hybridized carbons (Fsp3) is 0.714. The van der Waals surface area contributed by atoms with Gasteiger partial charge in [0.15, 0.2) is 0 Å². The van der Waals surface area contributed by atoms with Crippen LogP contribution in [0.2, 0.25) is 0 Å². The van der Waals surface area contributed by atoms with Gasteiger partial charge in [0.25, 0.3) is 0 Å². The minimum Gasteiger partial charge on any atom is -0.369 e. The van der Waals surface area contributed by atoms with Crippen LogP contribution in [0.5, 0.6) is 0 Å². The molecular weight excluding hydrogens is 290 g/mol. The second kappa shape index (κ2) is 7.07. The third kappa shape index (κ3) is 5.80. The molecule has 4 heteroatoms. The first-order valence-corrected chi connectivity index (χ1v) is 7.47. The van der Waals surface area contributed by atoms with Crippen molar-refractivity contribution in [2.75, 3.05) is 11.9 Å². The second-order valence-corrected chi connectivity index (χ2v) is 6.41. The van der Waals surface area contributed by atoms with Crippen LogP contribution in [-0.2, 0) is 0 Å². The molecule has 0 aromatic carbocycles. The molecule has 0 atom stereocenters. The van der Waals surface area contributed by atoms with Crippen molar-refractivity contribution in [1.82, 2.24) is 9.97 Å². The van der Waals surface area contributed by atoms with E-state index in [-0.39, 0.29) is 0 Å². The van der Waals surface area contributed by atoms with Crippen LogP contribution in [0.15, 0.2) is 10.7 Å². The van der Waals surface area contributed by atoms with Crippen molar-refractivity contribution in [3.63, 3.8) is 0 Å². The molecule has 1 N–H and O–H groups in total. The van der Waals surface area contributed by atoms with E-state index in [1.165, 1.54) is 25.7 Å². The number of hydrogen-bond acceptors (Lipinski definition) is 3. The number of rotatable bonds is 7. The summed E-state index contributed by atoms with van der Waals surface area (Å²) in [5.41, 5.74) is 0.306. The molecule has 0 aliphatic heterocycles. The number of aryl methyl sites for hydroxylation is 1. The molecule has 3 nitrogen and oxygen atoms in total. The fourth-order valence-electron chi connectivity index (χ4n) is 1.89. The predicted molar refractivity (Wildman–Crippen MR) is 80.9 cm³/mol. The van der Waals surface area contributed by atoms with Gasteiger partial charge in [0.05, 0.1) is 0 Å². The smallest absolute Gasteiger partial charge is 0.130 e. The summed E-state index contributed by atoms with van der Waals surface area (Å²) in [6.07, 6.45) is 5.15. The summed E-state index contributed by atoms with van der Waals surface area (Å²) >= 11 is 3.39. The van der Waals surface area contributed by atoms with Crippen LogP contribution >= 0.6 is 15.9 Å². The predicted octanol–water partition coefficient (Wildman–Crippen LogP) is 4.57. The average Bonchev–Trinajstić information content (AvgIpc) is 2.25. The largest absolute Gasteiger partial charge is 0.369 e. The minimum atomic E-state index is 0.306. The highest BCUT2D eigenvalue weighted by atomic mass is 79.9. The molecule has 0 radical (unpaired) electrons. The van der Waals surface area contributed by atoms with Gasteiger partial charge in [0.2, 0.25) is 0 Å². The Morgan fingerprint density at radius 2 is 2.00 bits per heavy atom. The first-order valence-electron chi connectivity index (χ1n) is 6.68. The molecule has 0 spiro atoms. The van der Waals surface area contributed by atoms with Gasteiger partial charge in [0, 0.05) is 12.6 Å². The van der Waals surface area contributed by atoms with Crippen molar-refractivity contribution < 1.29 is 0 Å². The van der Waals surface area contributed by atoms with Gasteiger partial charge in [-0.05, 0) is 34.7 Å². The zero-order valence-electron chi connectivity index (χ0n) is 11.9. The molecule has 0 aliphatic carbocycles. The minimum absolute atomic E-state index is 0.306. The zero-order valence-corrected chi connectivity index (χ0v) is 13.5. The van der Waals surface area contributed by atoms with Gasteiger partial charge in [-0.25, -0.2) is 9.97 Å². The van der Waals surface area contributed by atoms with Gasteiger partial charge < -0.3 is 5.32 Å². The SMILES string of the molecule is CCCCCC(C)(C)CNc1cc(Br)nc(C)n1. The standard InChI is InChI=1S/C14H24BrN3/c1-5-6-7-8-14(3,4)10-16-13-9-12(15)17-11(2)18-13/h9H,5-8,10H2,1-4H3,(H,16,17,18). The van der Waals surface area contributed by atoms with Gasteiger partial charge in [-0.1, -0.05) is 40.0 Å². The lowest BCUT2D eigenvalue weighted by Crippen LogP contribution is -2.23. The van der Waals surface area contributed by atoms with Gasteiger partial charge in [-0.2, -0.15) is 0 Å². The third-order valence-corrected chi connectivity index (χ3v) is 3.42. The van der Waals surface area contributed by atoms with Crippen molar-refractivity contribution in [1.29, 1.82) is 0 Å². The van der Waals surface area contributed by atoms with Crippen molar-refractivity contribution in [3.05, 3.63) is 16.5 Å². The molecular formula is C14H24BrN3. The lowest BCUT2D eigenvalue weighted by molar-refractivity contribution is 0.342. The molecule has 1 heterocycles. The first-order chi connectivity index (χ1) is 8.43. The van der Waals surface area contributed by atoms with Gasteiger partial charge >= 0.3 is 0 Å². The quantitative estimate of drug-likeness (QED) is 0.592. The van der Waals surface area contributed by atoms with Crippen LogP contribution in [0.25, 0.3) is 0 Å². The molecule has 0 aliphatic rings. The maximum Gasteiger partial charge on any atom is 0.130 e. The molecule has 18 heavy (non-hydrogen) atoms. The second-order valence-electron chi connectivity index (χ2n) is 5.60. The van der Waals surface area contributed by atoms with E-state index in [2.05, 4.69) is 52.0 Å². The van der Waals surface area contributed by atoms with E-state index < -0.39 is 0 Å². The molecule has 1 rings (SSSR count). The third-order valence-electron chi connectivity index (χ3n) is 3.01. The normalized spacial score (nSPS) is 11.6. The average molecular weight is 314 g/mol. The number of unbranched alkanes of at least 4 members (excludes halogenated alkanes) is 2. The molecule has 0 unspecified atom stereocenters. The van der Waals surface area contributed by atoms with Gasteiger partial charge in [0.1, 0.15) is 16.2 Å². The molecule has 0 fully saturated rings. The molecule has 0 saturated carbocycles. The summed E-state index contributed by atoms with van der Waals surface area (Å²) in [7, 11) is 0. The fourth-order valence-corrected chi connectivity index (χ4v) is 2.37. The zero-order chi connectivity index (χ0) is 13.6. The highest BCUT2D eigenvalue weighted by molar-refractivity contribution is 9.10. The molecule has 0 amide bonds. The van der Waals surface area contributed by atoms with Crippen molar-refractivity contribution in [2.24, 2.45) is 5.41 Å². The van der Waals surface area contributed by atoms with Crippen molar-refractivity contribution in [3.8, 4) is 0 Å². The van der Waals surface area contributed by atoms with E-state index in [0.717, 1.165) is 22.8 Å². The topological polar surface area (TPSA) is 37.8 Å². The number of nitrogens with zero attached hydrogens (tertiary/aromatic N) is 2. The first kappa shape index (κ1) is 15.4. The Hall–Kier alpha value is -0.640. The van der Waals surface area contributed by atoms with E-state index in [9.17, 15) is 0 Å². The van der Waals surface area contributed by atoms with E-state index in [0.29, 0.717) is 5.41 Å². The van der Waals surface area contributed by atoms with Crippen molar-refractivity contribution >= 4 is 21.7 Å². The van der Waals surface area contributed by atoms with Gasteiger partial charge in [-0.15, -0.1) is 0 Å². The van der Waals surface area contributed by atoms with Gasteiger partial charge in [-0.3, -0.25) is 0 Å². The Bertz CT molecular complexity index is 357. The maximum absolute atomic E-state index is 4.38. The molecule has 102 valence electrons. The van der Waals surface area contributed by atoms with Crippen LogP contribution in [-0.4, -0.2) is 16.5 Å². The molecule has 1 aromatic rings. The van der Waals surface area contributed by atoms with Crippen LogP contribution in [0.1, 0.15) is 52.3 Å². The van der Waals surface area contributed by atoms with E-state index in [4.69, 9.17) is 0 Å². The molecule has 0 bridgehead atoms. The van der Waals surface area contributed by atoms with Crippen LogP contribution in [0, 0.1) is 12.3 Å². The van der Waals surface area contributed by atoms with E-state index >= 15 is 0 Å². The lowest BCUT2D eigenvalue weighted by atomic mass is 9.87. The Balaban J connectivity index is 2.47. The Kier molecular flexibility index (Phi) is 6.06. The molecule has 1 aromatic heterocycles. The Morgan fingerprint density at radius 1 is 1.28 bits per heavy atom. The number of nitrogens with one attached hydrogen (secondary N) is 1. The number of aromatic nitrogens is 2. The monoisotopic (exact) mass is 313 g/mol. The highest BCUT2D eigenvalue weighted by Gasteiger charge is 2.17. The molecule has 0 saturated heterocycles. The number of anilines is 1. The van der Waals surface area contributed by atoms with Crippen molar-refractivity contribution in [2.45, 2.75) is 53.4 Å². The summed E-state index contributed by atoms with van der Waals surface area (Å²) in [6.45, 7) is 9.70. The Morgan fingerprint density at radius 3 is 2.61 bits per heavy atom. The summed E-state index contributed by atoms with van der Waals surface area (Å²) in [5.74, 6) is 1.69. The van der Waals surface area contributed by atoms with Crippen LogP contribution < -0.4 is 5.32 Å².